The highest BCUT2D eigenvalue weighted by atomic mass is 15.4. The van der Waals surface area contributed by atoms with Crippen LogP contribution in [0.15, 0.2) is 29.3 Å². The van der Waals surface area contributed by atoms with Gasteiger partial charge in [-0.25, -0.2) is 0 Å². The predicted molar refractivity (Wildman–Crippen MR) is 69.5 cm³/mol. The lowest BCUT2D eigenvalue weighted by molar-refractivity contribution is 0.434. The summed E-state index contributed by atoms with van der Waals surface area (Å²) in [6.07, 6.45) is 2.83. The van der Waals surface area contributed by atoms with Crippen LogP contribution in [-0.2, 0) is 0 Å². The summed E-state index contributed by atoms with van der Waals surface area (Å²) in [5.41, 5.74) is 2.72. The molecule has 0 radical (unpaired) electrons. The van der Waals surface area contributed by atoms with E-state index in [1.165, 1.54) is 36.5 Å². The first-order chi connectivity index (χ1) is 8.42. The summed E-state index contributed by atoms with van der Waals surface area (Å²) in [6.45, 7) is 4.30. The molecule has 0 unspecified atom stereocenters. The van der Waals surface area contributed by atoms with E-state index in [-0.39, 0.29) is 0 Å². The molecule has 0 amide bonds. The van der Waals surface area contributed by atoms with Crippen LogP contribution in [0.5, 0.6) is 0 Å². The number of para-hydroxylation sites is 1. The number of anilines is 1. The van der Waals surface area contributed by atoms with E-state index in [4.69, 9.17) is 0 Å². The predicted octanol–water partition coefficient (Wildman–Crippen LogP) is 1.94. The molecule has 0 N–H and O–H groups in total. The van der Waals surface area contributed by atoms with Crippen LogP contribution in [0.25, 0.3) is 0 Å². The minimum atomic E-state index is 0.934. The molecule has 0 atom stereocenters. The van der Waals surface area contributed by atoms with E-state index < -0.39 is 0 Å². The maximum Gasteiger partial charge on any atom is 0.134 e. The average Bonchev–Trinajstić information content (AvgIpc) is 3.05. The van der Waals surface area contributed by atoms with Gasteiger partial charge < -0.3 is 9.80 Å². The minimum Gasteiger partial charge on any atom is -0.353 e. The van der Waals surface area contributed by atoms with Crippen LogP contribution in [0.3, 0.4) is 0 Å². The van der Waals surface area contributed by atoms with E-state index in [0.717, 1.165) is 25.7 Å². The van der Waals surface area contributed by atoms with Crippen LogP contribution in [0, 0.1) is 5.92 Å². The molecule has 3 heteroatoms. The first kappa shape index (κ1) is 9.51. The first-order valence-corrected chi connectivity index (χ1v) is 6.55. The van der Waals surface area contributed by atoms with E-state index in [0.29, 0.717) is 0 Å². The Morgan fingerprint density at radius 2 is 2.12 bits per heavy atom. The smallest absolute Gasteiger partial charge is 0.134 e. The monoisotopic (exact) mass is 227 g/mol. The summed E-state index contributed by atoms with van der Waals surface area (Å²) in [6, 6.07) is 8.73. The minimum absolute atomic E-state index is 0.934. The van der Waals surface area contributed by atoms with Crippen LogP contribution < -0.4 is 4.90 Å². The van der Waals surface area contributed by atoms with Crippen molar-refractivity contribution in [3.05, 3.63) is 29.8 Å². The number of benzene rings is 1. The summed E-state index contributed by atoms with van der Waals surface area (Å²) < 4.78 is 0. The van der Waals surface area contributed by atoms with Gasteiger partial charge in [0.2, 0.25) is 0 Å². The Hall–Kier alpha value is -1.51. The zero-order chi connectivity index (χ0) is 11.2. The van der Waals surface area contributed by atoms with E-state index in [9.17, 15) is 0 Å². The highest BCUT2D eigenvalue weighted by Gasteiger charge is 2.32. The molecule has 1 fully saturated rings. The number of rotatable bonds is 2. The van der Waals surface area contributed by atoms with Gasteiger partial charge in [0.1, 0.15) is 5.84 Å². The summed E-state index contributed by atoms with van der Waals surface area (Å²) in [4.78, 5) is 9.60. The number of nitrogens with zero attached hydrogens (tertiary/aromatic N) is 3. The SMILES string of the molecule is c1ccc2c(c1)C1=NCCN1CN2CC1CC1. The van der Waals surface area contributed by atoms with Crippen LogP contribution in [-0.4, -0.2) is 37.0 Å². The third kappa shape index (κ3) is 1.53. The van der Waals surface area contributed by atoms with Crippen molar-refractivity contribution < 1.29 is 0 Å². The van der Waals surface area contributed by atoms with Crippen molar-refractivity contribution in [3.8, 4) is 0 Å². The van der Waals surface area contributed by atoms with E-state index >= 15 is 0 Å². The van der Waals surface area contributed by atoms with Gasteiger partial charge in [-0.2, -0.15) is 0 Å². The second kappa shape index (κ2) is 3.49. The third-order valence-corrected chi connectivity index (χ3v) is 3.93. The van der Waals surface area contributed by atoms with Gasteiger partial charge in [-0.1, -0.05) is 12.1 Å². The molecular formula is C14H17N3. The number of amidine groups is 1. The molecule has 88 valence electrons. The molecule has 0 aromatic heterocycles. The van der Waals surface area contributed by atoms with E-state index in [1.54, 1.807) is 0 Å². The second-order valence-corrected chi connectivity index (χ2v) is 5.29. The lowest BCUT2D eigenvalue weighted by Crippen LogP contribution is -2.46. The summed E-state index contributed by atoms with van der Waals surface area (Å²) >= 11 is 0. The fourth-order valence-electron chi connectivity index (χ4n) is 2.86. The highest BCUT2D eigenvalue weighted by molar-refractivity contribution is 6.06. The van der Waals surface area contributed by atoms with Crippen molar-refractivity contribution in [2.24, 2.45) is 10.9 Å². The van der Waals surface area contributed by atoms with Gasteiger partial charge in [-0.3, -0.25) is 4.99 Å². The summed E-state index contributed by atoms with van der Waals surface area (Å²) in [5, 5.41) is 0. The van der Waals surface area contributed by atoms with Crippen LogP contribution >= 0.6 is 0 Å². The summed E-state index contributed by atoms with van der Waals surface area (Å²) in [5.74, 6) is 2.15. The molecule has 17 heavy (non-hydrogen) atoms. The molecule has 0 spiro atoms. The zero-order valence-electron chi connectivity index (χ0n) is 9.97. The number of fused-ring (bicyclic) bond motifs is 3. The molecule has 2 heterocycles. The van der Waals surface area contributed by atoms with Crippen LogP contribution in [0.2, 0.25) is 0 Å². The summed E-state index contributed by atoms with van der Waals surface area (Å²) in [7, 11) is 0. The van der Waals surface area contributed by atoms with Gasteiger partial charge in [0, 0.05) is 24.3 Å². The van der Waals surface area contributed by atoms with Gasteiger partial charge in [-0.05, 0) is 30.9 Å². The van der Waals surface area contributed by atoms with E-state index in [1.807, 2.05) is 0 Å². The molecule has 1 saturated carbocycles. The van der Waals surface area contributed by atoms with E-state index in [2.05, 4.69) is 39.1 Å². The Balaban J connectivity index is 1.75. The van der Waals surface area contributed by atoms with Crippen molar-refractivity contribution in [1.82, 2.24) is 4.90 Å². The quantitative estimate of drug-likeness (QED) is 0.769. The van der Waals surface area contributed by atoms with Crippen molar-refractivity contribution in [1.29, 1.82) is 0 Å². The molecule has 1 aromatic carbocycles. The molecule has 1 aromatic rings. The van der Waals surface area contributed by atoms with Crippen LogP contribution in [0.1, 0.15) is 18.4 Å². The molecular weight excluding hydrogens is 210 g/mol. The second-order valence-electron chi connectivity index (χ2n) is 5.29. The number of aliphatic imine (C=N–C) groups is 1. The molecule has 0 saturated heterocycles. The Morgan fingerprint density at radius 3 is 3.00 bits per heavy atom. The Morgan fingerprint density at radius 1 is 1.24 bits per heavy atom. The van der Waals surface area contributed by atoms with Crippen molar-refractivity contribution in [2.75, 3.05) is 31.2 Å². The molecule has 2 aliphatic heterocycles. The maximum absolute atomic E-state index is 4.64. The fraction of sp³-hybridized carbons (Fsp3) is 0.500. The van der Waals surface area contributed by atoms with Gasteiger partial charge in [-0.15, -0.1) is 0 Å². The molecule has 0 bridgehead atoms. The van der Waals surface area contributed by atoms with Crippen molar-refractivity contribution >= 4 is 11.5 Å². The molecule has 1 aliphatic carbocycles. The van der Waals surface area contributed by atoms with Gasteiger partial charge in [0.15, 0.2) is 0 Å². The third-order valence-electron chi connectivity index (χ3n) is 3.93. The molecule has 3 aliphatic rings. The maximum atomic E-state index is 4.64. The topological polar surface area (TPSA) is 18.8 Å². The number of hydrogen-bond acceptors (Lipinski definition) is 3. The largest absolute Gasteiger partial charge is 0.353 e. The van der Waals surface area contributed by atoms with Gasteiger partial charge in [0.25, 0.3) is 0 Å². The molecule has 3 nitrogen and oxygen atoms in total. The highest BCUT2D eigenvalue weighted by Crippen LogP contribution is 2.35. The lowest BCUT2D eigenvalue weighted by atomic mass is 10.1. The zero-order valence-corrected chi connectivity index (χ0v) is 9.97. The Bertz CT molecular complexity index is 476. The van der Waals surface area contributed by atoms with Gasteiger partial charge >= 0.3 is 0 Å². The van der Waals surface area contributed by atoms with Gasteiger partial charge in [0.05, 0.1) is 13.2 Å². The Kier molecular flexibility index (Phi) is 1.95. The normalized spacial score (nSPS) is 22.2. The fourth-order valence-corrected chi connectivity index (χ4v) is 2.86. The first-order valence-electron chi connectivity index (χ1n) is 6.55. The Labute approximate surface area is 102 Å². The number of hydrogen-bond donors (Lipinski definition) is 0. The lowest BCUT2D eigenvalue weighted by Gasteiger charge is -2.38. The van der Waals surface area contributed by atoms with Crippen LogP contribution in [0.4, 0.5) is 5.69 Å². The van der Waals surface area contributed by atoms with Crippen molar-refractivity contribution in [2.45, 2.75) is 12.8 Å². The van der Waals surface area contributed by atoms with Crippen molar-refractivity contribution in [3.63, 3.8) is 0 Å². The molecule has 4 rings (SSSR count). The standard InChI is InChI=1S/C14H17N3/c1-2-4-13-12(3-1)14-15-7-8-16(14)10-17(13)9-11-5-6-11/h1-4,11H,5-10H2. The average molecular weight is 227 g/mol.